The Balaban J connectivity index is 0.00000115. The Labute approximate surface area is 213 Å². The van der Waals surface area contributed by atoms with Gasteiger partial charge in [-0.2, -0.15) is 9.59 Å². The maximum atomic E-state index is 13.0. The first-order valence-electron chi connectivity index (χ1n) is 11.5. The summed E-state index contributed by atoms with van der Waals surface area (Å²) in [4.78, 5) is 56.0. The Morgan fingerprint density at radius 1 is 1.08 bits per heavy atom. The van der Waals surface area contributed by atoms with E-state index in [0.717, 1.165) is 17.7 Å². The number of nitrogens with zero attached hydrogens (tertiary/aromatic N) is 1. The molecule has 0 fully saturated rings. The maximum Gasteiger partial charge on any atom is 0.373 e. The number of amides is 1. The standard InChI is InChI=1S/C25H28ClN3O4.CO2/c1-6-11-29-12-14-15(26)8-9-16(18(14)24(29)32)27-19-20(22(31)21(19)30)28-23(25(3,4)5)17-10-7-13(2)33-17;2-1-3/h7-10,23,27-28H,6,11-12H2,1-5H3;/t23-;/m0./s1. The second kappa shape index (κ2) is 10.5. The van der Waals surface area contributed by atoms with Crippen LogP contribution in [0.1, 0.15) is 67.6 Å². The van der Waals surface area contributed by atoms with Crippen molar-refractivity contribution in [2.24, 2.45) is 5.41 Å². The lowest BCUT2D eigenvalue weighted by atomic mass is 9.85. The molecule has 0 unspecified atom stereocenters. The molecule has 1 amide bonds. The number of furan rings is 1. The summed E-state index contributed by atoms with van der Waals surface area (Å²) >= 11 is 6.36. The van der Waals surface area contributed by atoms with Crippen molar-refractivity contribution < 1.29 is 18.8 Å². The quantitative estimate of drug-likeness (QED) is 0.440. The van der Waals surface area contributed by atoms with E-state index in [1.807, 2.05) is 46.8 Å². The van der Waals surface area contributed by atoms with Gasteiger partial charge >= 0.3 is 6.15 Å². The van der Waals surface area contributed by atoms with Crippen molar-refractivity contribution in [1.82, 2.24) is 4.90 Å². The van der Waals surface area contributed by atoms with Crippen LogP contribution in [0.4, 0.5) is 17.1 Å². The highest BCUT2D eigenvalue weighted by atomic mass is 35.5. The van der Waals surface area contributed by atoms with Gasteiger partial charge < -0.3 is 20.0 Å². The van der Waals surface area contributed by atoms with Gasteiger partial charge in [0.1, 0.15) is 22.9 Å². The molecule has 0 spiro atoms. The molecule has 1 aliphatic heterocycles. The van der Waals surface area contributed by atoms with E-state index in [9.17, 15) is 14.4 Å². The molecule has 0 saturated carbocycles. The van der Waals surface area contributed by atoms with Crippen molar-refractivity contribution >= 4 is 40.7 Å². The van der Waals surface area contributed by atoms with Gasteiger partial charge in [0.15, 0.2) is 0 Å². The van der Waals surface area contributed by atoms with Crippen LogP contribution in [0.15, 0.2) is 38.3 Å². The third kappa shape index (κ3) is 5.12. The maximum absolute atomic E-state index is 13.0. The lowest BCUT2D eigenvalue weighted by Gasteiger charge is -2.31. The van der Waals surface area contributed by atoms with Crippen molar-refractivity contribution in [1.29, 1.82) is 0 Å². The third-order valence-electron chi connectivity index (χ3n) is 5.97. The third-order valence-corrected chi connectivity index (χ3v) is 6.32. The van der Waals surface area contributed by atoms with Crippen LogP contribution in [0.3, 0.4) is 0 Å². The van der Waals surface area contributed by atoms with Gasteiger partial charge in [-0.3, -0.25) is 14.4 Å². The Morgan fingerprint density at radius 2 is 1.72 bits per heavy atom. The highest BCUT2D eigenvalue weighted by Gasteiger charge is 2.35. The first kappa shape index (κ1) is 26.9. The van der Waals surface area contributed by atoms with Gasteiger partial charge in [-0.05, 0) is 43.0 Å². The molecule has 3 aromatic rings. The summed E-state index contributed by atoms with van der Waals surface area (Å²) in [6.07, 6.45) is 1.08. The second-order valence-electron chi connectivity index (χ2n) is 9.68. The van der Waals surface area contributed by atoms with Gasteiger partial charge in [-0.1, -0.05) is 39.3 Å². The number of anilines is 3. The SMILES string of the molecule is CCCN1Cc2c(Cl)ccc(Nc3c(N[C@@H](c4ccc(C)o4)C(C)(C)C)c(=O)c3=O)c2C1=O.O=C=O. The molecule has 2 N–H and O–H groups in total. The van der Waals surface area contributed by atoms with Crippen LogP contribution in [0, 0.1) is 12.3 Å². The molecule has 190 valence electrons. The Hall–Kier alpha value is -3.68. The molecular formula is C26H28ClN3O6. The predicted molar refractivity (Wildman–Crippen MR) is 135 cm³/mol. The summed E-state index contributed by atoms with van der Waals surface area (Å²) in [5, 5.41) is 6.78. The van der Waals surface area contributed by atoms with E-state index in [4.69, 9.17) is 25.6 Å². The van der Waals surface area contributed by atoms with Crippen LogP contribution in [-0.2, 0) is 16.1 Å². The fraction of sp³-hybridized carbons (Fsp3) is 0.385. The molecule has 36 heavy (non-hydrogen) atoms. The van der Waals surface area contributed by atoms with Crippen molar-refractivity contribution in [2.45, 2.75) is 53.6 Å². The molecule has 1 aromatic heterocycles. The summed E-state index contributed by atoms with van der Waals surface area (Å²) in [5.41, 5.74) is 0.446. The minimum atomic E-state index is -0.625. The van der Waals surface area contributed by atoms with Crippen LogP contribution >= 0.6 is 11.6 Å². The van der Waals surface area contributed by atoms with Gasteiger partial charge in [0, 0.05) is 23.7 Å². The van der Waals surface area contributed by atoms with E-state index >= 15 is 0 Å². The fourth-order valence-electron chi connectivity index (χ4n) is 4.25. The lowest BCUT2D eigenvalue weighted by molar-refractivity contribution is -0.191. The number of hydrogen-bond acceptors (Lipinski definition) is 8. The van der Waals surface area contributed by atoms with E-state index in [2.05, 4.69) is 10.6 Å². The van der Waals surface area contributed by atoms with Crippen molar-refractivity contribution in [2.75, 3.05) is 17.2 Å². The molecular weight excluding hydrogens is 486 g/mol. The van der Waals surface area contributed by atoms with Gasteiger partial charge in [-0.25, -0.2) is 0 Å². The minimum absolute atomic E-state index is 0.135. The summed E-state index contributed by atoms with van der Waals surface area (Å²) in [6.45, 7) is 11.0. The minimum Gasteiger partial charge on any atom is -0.464 e. The topological polar surface area (TPSA) is 126 Å². The summed E-state index contributed by atoms with van der Waals surface area (Å²) in [5.74, 6) is 1.30. The van der Waals surface area contributed by atoms with Gasteiger partial charge in [-0.15, -0.1) is 0 Å². The zero-order valence-electron chi connectivity index (χ0n) is 20.8. The van der Waals surface area contributed by atoms with E-state index in [-0.39, 0.29) is 34.9 Å². The number of carbonyl (C=O) groups excluding carboxylic acids is 3. The average Bonchev–Trinajstić information content (AvgIpc) is 3.38. The number of carbonyl (C=O) groups is 1. The van der Waals surface area contributed by atoms with Crippen LogP contribution < -0.4 is 21.5 Å². The molecule has 2 heterocycles. The zero-order chi connectivity index (χ0) is 26.8. The van der Waals surface area contributed by atoms with E-state index < -0.39 is 10.9 Å². The Morgan fingerprint density at radius 3 is 2.28 bits per heavy atom. The molecule has 2 aromatic carbocycles. The largest absolute Gasteiger partial charge is 0.464 e. The van der Waals surface area contributed by atoms with Crippen LogP contribution in [0.5, 0.6) is 0 Å². The number of halogens is 1. The van der Waals surface area contributed by atoms with Gasteiger partial charge in [0.05, 0.1) is 17.3 Å². The van der Waals surface area contributed by atoms with Gasteiger partial charge in [0.25, 0.3) is 16.8 Å². The Bertz CT molecular complexity index is 1390. The first-order valence-corrected chi connectivity index (χ1v) is 11.8. The molecule has 0 saturated heterocycles. The van der Waals surface area contributed by atoms with E-state index in [1.165, 1.54) is 0 Å². The molecule has 10 heteroatoms. The number of hydrogen-bond donors (Lipinski definition) is 2. The molecule has 0 radical (unpaired) electrons. The van der Waals surface area contributed by atoms with Crippen LogP contribution in [0.2, 0.25) is 5.02 Å². The van der Waals surface area contributed by atoms with Crippen molar-refractivity contribution in [3.05, 3.63) is 72.4 Å². The van der Waals surface area contributed by atoms with Crippen LogP contribution in [0.25, 0.3) is 0 Å². The molecule has 1 aliphatic rings. The summed E-state index contributed by atoms with van der Waals surface area (Å²) in [7, 11) is 0. The number of rotatable bonds is 7. The van der Waals surface area contributed by atoms with E-state index in [1.54, 1.807) is 17.0 Å². The van der Waals surface area contributed by atoms with E-state index in [0.29, 0.717) is 35.1 Å². The average molecular weight is 514 g/mol. The zero-order valence-corrected chi connectivity index (χ0v) is 21.5. The number of nitrogens with one attached hydrogen (secondary N) is 2. The molecule has 0 bridgehead atoms. The number of benzene rings is 1. The summed E-state index contributed by atoms with van der Waals surface area (Å²) in [6, 6.07) is 6.76. The highest BCUT2D eigenvalue weighted by molar-refractivity contribution is 6.32. The van der Waals surface area contributed by atoms with Crippen molar-refractivity contribution in [3.8, 4) is 0 Å². The molecule has 1 atom stereocenters. The lowest BCUT2D eigenvalue weighted by Crippen LogP contribution is -2.39. The second-order valence-corrected chi connectivity index (χ2v) is 10.1. The Kier molecular flexibility index (Phi) is 7.86. The molecule has 9 nitrogen and oxygen atoms in total. The highest BCUT2D eigenvalue weighted by Crippen LogP contribution is 2.39. The first-order chi connectivity index (χ1) is 16.9. The van der Waals surface area contributed by atoms with Crippen molar-refractivity contribution in [3.63, 3.8) is 0 Å². The number of aryl methyl sites for hydroxylation is 1. The van der Waals surface area contributed by atoms with Crippen LogP contribution in [-0.4, -0.2) is 23.5 Å². The normalized spacial score (nSPS) is 13.6. The molecule has 0 aliphatic carbocycles. The monoisotopic (exact) mass is 513 g/mol. The smallest absolute Gasteiger partial charge is 0.373 e. The predicted octanol–water partition coefficient (Wildman–Crippen LogP) is 4.56. The summed E-state index contributed by atoms with van der Waals surface area (Å²) < 4.78 is 5.81. The van der Waals surface area contributed by atoms with Gasteiger partial charge in [0.2, 0.25) is 0 Å². The molecule has 4 rings (SSSR count). The number of fused-ring (bicyclic) bond motifs is 1. The fourth-order valence-corrected chi connectivity index (χ4v) is 4.46.